The number of carbonyl (C=O) groups is 3. The van der Waals surface area contributed by atoms with E-state index in [4.69, 9.17) is 4.74 Å². The summed E-state index contributed by atoms with van der Waals surface area (Å²) in [5.74, 6) is -0.694. The second-order valence-electron chi connectivity index (χ2n) is 6.68. The van der Waals surface area contributed by atoms with E-state index in [1.165, 1.54) is 0 Å². The van der Waals surface area contributed by atoms with E-state index in [1.807, 2.05) is 49.2 Å². The van der Waals surface area contributed by atoms with E-state index in [9.17, 15) is 14.4 Å². The van der Waals surface area contributed by atoms with Crippen LogP contribution in [0.25, 0.3) is 10.8 Å². The molecule has 7 nitrogen and oxygen atoms in total. The first-order valence-corrected chi connectivity index (χ1v) is 8.87. The van der Waals surface area contributed by atoms with Gasteiger partial charge in [0.05, 0.1) is 13.8 Å². The van der Waals surface area contributed by atoms with Gasteiger partial charge in [-0.3, -0.25) is 19.4 Å². The zero-order chi connectivity index (χ0) is 19.6. The quantitative estimate of drug-likeness (QED) is 0.554. The summed E-state index contributed by atoms with van der Waals surface area (Å²) < 4.78 is 5.24. The summed E-state index contributed by atoms with van der Waals surface area (Å²) in [5, 5.41) is 2.16. The number of fused-ring (bicyclic) bond motifs is 1. The van der Waals surface area contributed by atoms with Gasteiger partial charge in [-0.1, -0.05) is 25.1 Å². The summed E-state index contributed by atoms with van der Waals surface area (Å²) in [6.45, 7) is 2.73. The second kappa shape index (κ2) is 7.75. The van der Waals surface area contributed by atoms with Crippen molar-refractivity contribution in [1.29, 1.82) is 0 Å². The van der Waals surface area contributed by atoms with Crippen molar-refractivity contribution in [2.45, 2.75) is 19.9 Å². The van der Waals surface area contributed by atoms with Gasteiger partial charge in [-0.25, -0.2) is 9.69 Å². The van der Waals surface area contributed by atoms with Crippen LogP contribution >= 0.6 is 0 Å². The highest BCUT2D eigenvalue weighted by atomic mass is 16.5. The Kier molecular flexibility index (Phi) is 5.41. The molecule has 0 radical (unpaired) electrons. The summed E-state index contributed by atoms with van der Waals surface area (Å²) >= 11 is 0. The fourth-order valence-corrected chi connectivity index (χ4v) is 3.20. The molecule has 27 heavy (non-hydrogen) atoms. The minimum atomic E-state index is -0.758. The van der Waals surface area contributed by atoms with Crippen molar-refractivity contribution in [2.24, 2.45) is 0 Å². The number of nitrogens with zero attached hydrogens (tertiary/aromatic N) is 3. The fraction of sp³-hybridized carbons (Fsp3) is 0.350. The van der Waals surface area contributed by atoms with Crippen LogP contribution in [0.15, 0.2) is 36.4 Å². The van der Waals surface area contributed by atoms with Crippen molar-refractivity contribution in [2.75, 3.05) is 27.4 Å². The van der Waals surface area contributed by atoms with Crippen LogP contribution in [0, 0.1) is 0 Å². The molecule has 0 unspecified atom stereocenters. The van der Waals surface area contributed by atoms with Gasteiger partial charge in [0.25, 0.3) is 0 Å². The van der Waals surface area contributed by atoms with Crippen LogP contribution in [0.3, 0.4) is 0 Å². The lowest BCUT2D eigenvalue weighted by Gasteiger charge is -2.22. The van der Waals surface area contributed by atoms with Crippen molar-refractivity contribution in [3.05, 3.63) is 42.0 Å². The topological polar surface area (TPSA) is 70.2 Å². The van der Waals surface area contributed by atoms with E-state index in [1.54, 1.807) is 7.11 Å². The zero-order valence-electron chi connectivity index (χ0n) is 15.8. The number of hydrogen-bond acceptors (Lipinski definition) is 5. The molecule has 2 aromatic rings. The number of carbonyl (C=O) groups excluding carboxylic acids is 3. The Bertz CT molecular complexity index is 896. The number of hydrogen-bond donors (Lipinski definition) is 0. The molecule has 142 valence electrons. The Balaban J connectivity index is 1.69. The Morgan fingerprint density at radius 1 is 0.963 bits per heavy atom. The molecule has 0 bridgehead atoms. The normalized spacial score (nSPS) is 14.7. The molecule has 7 heteroatoms. The van der Waals surface area contributed by atoms with Gasteiger partial charge in [-0.2, -0.15) is 0 Å². The van der Waals surface area contributed by atoms with E-state index in [0.29, 0.717) is 13.0 Å². The Labute approximate surface area is 158 Å². The Morgan fingerprint density at radius 3 is 2.33 bits per heavy atom. The molecule has 0 aromatic heterocycles. The molecule has 1 fully saturated rings. The van der Waals surface area contributed by atoms with E-state index in [2.05, 4.69) is 6.07 Å². The monoisotopic (exact) mass is 369 g/mol. The number of urea groups is 1. The first-order chi connectivity index (χ1) is 12.9. The molecule has 0 spiro atoms. The first kappa shape index (κ1) is 18.8. The number of methoxy groups -OCH3 is 1. The molecule has 0 saturated carbocycles. The van der Waals surface area contributed by atoms with Gasteiger partial charge in [0.1, 0.15) is 5.75 Å². The summed E-state index contributed by atoms with van der Waals surface area (Å²) in [4.78, 5) is 40.2. The molecule has 0 aliphatic carbocycles. The van der Waals surface area contributed by atoms with Crippen molar-refractivity contribution in [3.63, 3.8) is 0 Å². The molecule has 0 N–H and O–H groups in total. The first-order valence-electron chi connectivity index (χ1n) is 8.87. The van der Waals surface area contributed by atoms with Crippen LogP contribution in [0.1, 0.15) is 18.9 Å². The maximum Gasteiger partial charge on any atom is 0.335 e. The molecule has 1 aliphatic heterocycles. The van der Waals surface area contributed by atoms with E-state index >= 15 is 0 Å². The Morgan fingerprint density at radius 2 is 1.63 bits per heavy atom. The third-order valence-corrected chi connectivity index (χ3v) is 4.53. The third kappa shape index (κ3) is 3.78. The number of amides is 4. The summed E-state index contributed by atoms with van der Waals surface area (Å²) in [7, 11) is 3.45. The lowest BCUT2D eigenvalue weighted by Crippen LogP contribution is -2.40. The lowest BCUT2D eigenvalue weighted by atomic mass is 10.1. The smallest absolute Gasteiger partial charge is 0.335 e. The molecule has 1 heterocycles. The molecule has 1 aliphatic rings. The molecular weight excluding hydrogens is 346 g/mol. The highest BCUT2D eigenvalue weighted by molar-refractivity contribution is 6.44. The SMILES string of the molecule is CCCN1C(=O)C(=O)N(CN(C)Cc2ccc3cc(OC)ccc3c2)C1=O. The number of benzene rings is 2. The van der Waals surface area contributed by atoms with Crippen LogP contribution in [0.4, 0.5) is 4.79 Å². The summed E-state index contributed by atoms with van der Waals surface area (Å²) in [5.41, 5.74) is 1.05. The number of ether oxygens (including phenoxy) is 1. The third-order valence-electron chi connectivity index (χ3n) is 4.53. The predicted molar refractivity (Wildman–Crippen MR) is 101 cm³/mol. The highest BCUT2D eigenvalue weighted by Crippen LogP contribution is 2.22. The minimum Gasteiger partial charge on any atom is -0.497 e. The summed E-state index contributed by atoms with van der Waals surface area (Å²) in [6, 6.07) is 11.4. The van der Waals surface area contributed by atoms with Gasteiger partial charge >= 0.3 is 17.8 Å². The maximum absolute atomic E-state index is 12.3. The van der Waals surface area contributed by atoms with E-state index in [-0.39, 0.29) is 13.2 Å². The predicted octanol–water partition coefficient (Wildman–Crippen LogP) is 2.44. The molecular formula is C20H23N3O4. The highest BCUT2D eigenvalue weighted by Gasteiger charge is 2.44. The van der Waals surface area contributed by atoms with Gasteiger partial charge in [-0.05, 0) is 48.0 Å². The minimum absolute atomic E-state index is 0.0737. The molecule has 0 atom stereocenters. The van der Waals surface area contributed by atoms with Crippen LogP contribution in [0.2, 0.25) is 0 Å². The Hall–Kier alpha value is -2.93. The van der Waals surface area contributed by atoms with Crippen molar-refractivity contribution >= 4 is 28.6 Å². The number of imide groups is 2. The van der Waals surface area contributed by atoms with Gasteiger partial charge < -0.3 is 4.74 Å². The van der Waals surface area contributed by atoms with Crippen molar-refractivity contribution in [3.8, 4) is 5.75 Å². The van der Waals surface area contributed by atoms with Crippen molar-refractivity contribution in [1.82, 2.24) is 14.7 Å². The standard InChI is InChI=1S/C20H23N3O4/c1-4-9-22-18(24)19(25)23(20(22)26)13-21(2)12-14-5-6-16-11-17(27-3)8-7-15(16)10-14/h5-8,10-11H,4,9,12-13H2,1-3H3. The van der Waals surface area contributed by atoms with Gasteiger partial charge in [-0.15, -0.1) is 0 Å². The van der Waals surface area contributed by atoms with Crippen molar-refractivity contribution < 1.29 is 19.1 Å². The average Bonchev–Trinajstić information content (AvgIpc) is 2.86. The van der Waals surface area contributed by atoms with Crippen LogP contribution in [-0.4, -0.2) is 59.9 Å². The average molecular weight is 369 g/mol. The molecule has 4 amide bonds. The summed E-state index contributed by atoms with van der Waals surface area (Å²) in [6.07, 6.45) is 0.621. The van der Waals surface area contributed by atoms with Crippen LogP contribution < -0.4 is 4.74 Å². The molecule has 1 saturated heterocycles. The van der Waals surface area contributed by atoms with Crippen LogP contribution in [0.5, 0.6) is 5.75 Å². The largest absolute Gasteiger partial charge is 0.497 e. The maximum atomic E-state index is 12.3. The van der Waals surface area contributed by atoms with Crippen LogP contribution in [-0.2, 0) is 16.1 Å². The van der Waals surface area contributed by atoms with Gasteiger partial charge in [0.15, 0.2) is 0 Å². The van der Waals surface area contributed by atoms with E-state index < -0.39 is 17.8 Å². The van der Waals surface area contributed by atoms with Gasteiger partial charge in [0, 0.05) is 13.1 Å². The van der Waals surface area contributed by atoms with Gasteiger partial charge in [0.2, 0.25) is 0 Å². The number of rotatable bonds is 7. The lowest BCUT2D eigenvalue weighted by molar-refractivity contribution is -0.143. The zero-order valence-corrected chi connectivity index (χ0v) is 15.8. The molecule has 2 aromatic carbocycles. The van der Waals surface area contributed by atoms with E-state index in [0.717, 1.165) is 31.9 Å². The molecule has 3 rings (SSSR count). The second-order valence-corrected chi connectivity index (χ2v) is 6.68. The fourth-order valence-electron chi connectivity index (χ4n) is 3.20.